The Hall–Kier alpha value is -1.89. The van der Waals surface area contributed by atoms with Crippen LogP contribution in [0.1, 0.15) is 24.3 Å². The molecule has 4 amide bonds. The minimum atomic E-state index is -0.924. The van der Waals surface area contributed by atoms with Crippen LogP contribution in [0.3, 0.4) is 0 Å². The summed E-state index contributed by atoms with van der Waals surface area (Å²) in [6.07, 6.45) is 1.32. The molecule has 0 bridgehead atoms. The number of urea groups is 1. The molecule has 1 aromatic rings. The first-order valence-electron chi connectivity index (χ1n) is 7.66. The van der Waals surface area contributed by atoms with Gasteiger partial charge >= 0.3 is 6.03 Å². The Morgan fingerprint density at radius 2 is 2.17 bits per heavy atom. The second kappa shape index (κ2) is 5.06. The van der Waals surface area contributed by atoms with E-state index in [4.69, 9.17) is 0 Å². The van der Waals surface area contributed by atoms with E-state index >= 15 is 0 Å². The lowest BCUT2D eigenvalue weighted by Crippen LogP contribution is -2.49. The van der Waals surface area contributed by atoms with E-state index in [0.717, 1.165) is 10.9 Å². The summed E-state index contributed by atoms with van der Waals surface area (Å²) in [6, 6.07) is 7.56. The van der Waals surface area contributed by atoms with Crippen LogP contribution in [0.4, 0.5) is 4.79 Å². The molecule has 0 aromatic heterocycles. The summed E-state index contributed by atoms with van der Waals surface area (Å²) in [6.45, 7) is 0.777. The molecule has 1 saturated carbocycles. The number of imide groups is 1. The SMILES string of the molecule is O=C1NC(=O)C2(CCN(C(=O)C3CC3c3cccc(Br)c3)C2)N1. The molecule has 3 unspecified atom stereocenters. The summed E-state index contributed by atoms with van der Waals surface area (Å²) >= 11 is 3.45. The molecule has 2 heterocycles. The van der Waals surface area contributed by atoms with Crippen LogP contribution in [0.25, 0.3) is 0 Å². The molecule has 120 valence electrons. The van der Waals surface area contributed by atoms with Crippen LogP contribution in [0.2, 0.25) is 0 Å². The van der Waals surface area contributed by atoms with Crippen molar-refractivity contribution in [3.63, 3.8) is 0 Å². The largest absolute Gasteiger partial charge is 0.339 e. The summed E-state index contributed by atoms with van der Waals surface area (Å²) in [5.74, 6) is 0.00102. The van der Waals surface area contributed by atoms with Gasteiger partial charge in [-0.15, -0.1) is 0 Å². The molecule has 1 spiro atoms. The van der Waals surface area contributed by atoms with Crippen LogP contribution in [0, 0.1) is 5.92 Å². The Morgan fingerprint density at radius 1 is 1.35 bits per heavy atom. The molecule has 1 aliphatic carbocycles. The van der Waals surface area contributed by atoms with Gasteiger partial charge in [-0.25, -0.2) is 4.79 Å². The maximum atomic E-state index is 12.7. The van der Waals surface area contributed by atoms with Crippen molar-refractivity contribution >= 4 is 33.8 Å². The number of carbonyl (C=O) groups is 3. The molecule has 2 saturated heterocycles. The number of benzene rings is 1. The van der Waals surface area contributed by atoms with Gasteiger partial charge in [0.05, 0.1) is 6.54 Å². The number of nitrogens with zero attached hydrogens (tertiary/aromatic N) is 1. The van der Waals surface area contributed by atoms with Gasteiger partial charge in [0.15, 0.2) is 0 Å². The molecular weight excluding hydrogens is 362 g/mol. The number of carbonyl (C=O) groups excluding carboxylic acids is 3. The Morgan fingerprint density at radius 3 is 2.87 bits per heavy atom. The molecule has 2 N–H and O–H groups in total. The monoisotopic (exact) mass is 377 g/mol. The van der Waals surface area contributed by atoms with E-state index in [1.54, 1.807) is 4.90 Å². The van der Waals surface area contributed by atoms with Crippen LogP contribution in [-0.4, -0.2) is 41.4 Å². The number of amides is 4. The van der Waals surface area contributed by atoms with E-state index in [2.05, 4.69) is 26.6 Å². The zero-order valence-corrected chi connectivity index (χ0v) is 13.9. The molecule has 4 rings (SSSR count). The molecule has 2 aliphatic heterocycles. The van der Waals surface area contributed by atoms with Gasteiger partial charge in [-0.1, -0.05) is 28.1 Å². The van der Waals surface area contributed by atoms with Gasteiger partial charge < -0.3 is 10.2 Å². The van der Waals surface area contributed by atoms with Crippen molar-refractivity contribution in [1.29, 1.82) is 0 Å². The summed E-state index contributed by atoms with van der Waals surface area (Å²) in [5, 5.41) is 4.94. The third kappa shape index (κ3) is 2.43. The molecular formula is C16H16BrN3O3. The van der Waals surface area contributed by atoms with Crippen LogP contribution in [-0.2, 0) is 9.59 Å². The van der Waals surface area contributed by atoms with Gasteiger partial charge in [-0.05, 0) is 36.5 Å². The van der Waals surface area contributed by atoms with E-state index in [0.29, 0.717) is 13.0 Å². The van der Waals surface area contributed by atoms with Gasteiger partial charge in [0.2, 0.25) is 5.91 Å². The Labute approximate surface area is 141 Å². The number of nitrogens with one attached hydrogen (secondary N) is 2. The standard InChI is InChI=1S/C16H16BrN3O3/c17-10-3-1-2-9(6-10)11-7-12(11)13(21)20-5-4-16(8-20)14(22)18-15(23)19-16/h1-3,6,11-12H,4-5,7-8H2,(H2,18,19,22,23). The first kappa shape index (κ1) is 14.7. The molecule has 23 heavy (non-hydrogen) atoms. The quantitative estimate of drug-likeness (QED) is 0.763. The van der Waals surface area contributed by atoms with Crippen molar-refractivity contribution < 1.29 is 14.4 Å². The maximum absolute atomic E-state index is 12.7. The zero-order valence-electron chi connectivity index (χ0n) is 12.3. The number of likely N-dealkylation sites (tertiary alicyclic amines) is 1. The fourth-order valence-corrected chi connectivity index (χ4v) is 4.04. The number of hydrogen-bond donors (Lipinski definition) is 2. The van der Waals surface area contributed by atoms with E-state index in [1.165, 1.54) is 5.56 Å². The van der Waals surface area contributed by atoms with E-state index < -0.39 is 11.6 Å². The normalized spacial score (nSPS) is 32.1. The molecule has 1 aromatic carbocycles. The van der Waals surface area contributed by atoms with Crippen molar-refractivity contribution in [1.82, 2.24) is 15.5 Å². The van der Waals surface area contributed by atoms with Crippen molar-refractivity contribution in [2.75, 3.05) is 13.1 Å². The van der Waals surface area contributed by atoms with Crippen LogP contribution >= 0.6 is 15.9 Å². The summed E-state index contributed by atoms with van der Waals surface area (Å²) in [5.41, 5.74) is 0.242. The molecule has 0 radical (unpaired) electrons. The average Bonchev–Trinajstić information content (AvgIpc) is 3.12. The minimum Gasteiger partial charge on any atom is -0.339 e. The lowest BCUT2D eigenvalue weighted by molar-refractivity contribution is -0.132. The van der Waals surface area contributed by atoms with Gasteiger partial charge in [0.1, 0.15) is 5.54 Å². The van der Waals surface area contributed by atoms with Crippen molar-refractivity contribution in [3.8, 4) is 0 Å². The number of hydrogen-bond acceptors (Lipinski definition) is 3. The summed E-state index contributed by atoms with van der Waals surface area (Å²) < 4.78 is 1.01. The van der Waals surface area contributed by atoms with Gasteiger partial charge in [0.25, 0.3) is 5.91 Å². The van der Waals surface area contributed by atoms with Gasteiger partial charge in [-0.2, -0.15) is 0 Å². The molecule has 7 heteroatoms. The summed E-state index contributed by atoms with van der Waals surface area (Å²) in [4.78, 5) is 37.7. The Bertz CT molecular complexity index is 722. The lowest BCUT2D eigenvalue weighted by atomic mass is 9.99. The third-order valence-corrected chi connectivity index (χ3v) is 5.47. The van der Waals surface area contributed by atoms with Gasteiger partial charge in [0, 0.05) is 16.9 Å². The highest BCUT2D eigenvalue weighted by atomic mass is 79.9. The van der Waals surface area contributed by atoms with E-state index in [1.807, 2.05) is 24.3 Å². The van der Waals surface area contributed by atoms with Crippen molar-refractivity contribution in [3.05, 3.63) is 34.3 Å². The third-order valence-electron chi connectivity index (χ3n) is 4.98. The smallest absolute Gasteiger partial charge is 0.322 e. The molecule has 6 nitrogen and oxygen atoms in total. The first-order valence-corrected chi connectivity index (χ1v) is 8.46. The van der Waals surface area contributed by atoms with Gasteiger partial charge in [-0.3, -0.25) is 14.9 Å². The first-order chi connectivity index (χ1) is 11.0. The van der Waals surface area contributed by atoms with E-state index in [9.17, 15) is 14.4 Å². The zero-order chi connectivity index (χ0) is 16.2. The number of rotatable bonds is 2. The molecule has 3 atom stereocenters. The van der Waals surface area contributed by atoms with Crippen molar-refractivity contribution in [2.24, 2.45) is 5.92 Å². The highest BCUT2D eigenvalue weighted by molar-refractivity contribution is 9.10. The Balaban J connectivity index is 1.44. The second-order valence-electron chi connectivity index (χ2n) is 6.50. The highest BCUT2D eigenvalue weighted by Gasteiger charge is 2.54. The predicted molar refractivity (Wildman–Crippen MR) is 85.6 cm³/mol. The fourth-order valence-electron chi connectivity index (χ4n) is 3.62. The van der Waals surface area contributed by atoms with Crippen LogP contribution in [0.15, 0.2) is 28.7 Å². The maximum Gasteiger partial charge on any atom is 0.322 e. The average molecular weight is 378 g/mol. The van der Waals surface area contributed by atoms with E-state index in [-0.39, 0.29) is 30.2 Å². The molecule has 3 aliphatic rings. The lowest BCUT2D eigenvalue weighted by Gasteiger charge is -2.21. The van der Waals surface area contributed by atoms with Crippen LogP contribution in [0.5, 0.6) is 0 Å². The van der Waals surface area contributed by atoms with Crippen LogP contribution < -0.4 is 10.6 Å². The Kier molecular flexibility index (Phi) is 3.23. The van der Waals surface area contributed by atoms with Crippen molar-refractivity contribution in [2.45, 2.75) is 24.3 Å². The summed E-state index contributed by atoms with van der Waals surface area (Å²) in [7, 11) is 0. The number of halogens is 1. The molecule has 3 fully saturated rings. The highest BCUT2D eigenvalue weighted by Crippen LogP contribution is 2.49. The topological polar surface area (TPSA) is 78.5 Å². The fraction of sp³-hybridized carbons (Fsp3) is 0.438. The second-order valence-corrected chi connectivity index (χ2v) is 7.42. The minimum absolute atomic E-state index is 0.0142. The predicted octanol–water partition coefficient (Wildman–Crippen LogP) is 1.36.